The molecule has 30 heavy (non-hydrogen) atoms. The smallest absolute Gasteiger partial charge is 0.266 e. The summed E-state index contributed by atoms with van der Waals surface area (Å²) in [6.45, 7) is 4.62. The van der Waals surface area contributed by atoms with Crippen molar-refractivity contribution >= 4 is 38.8 Å². The fraction of sp³-hybridized carbons (Fsp3) is 0.435. The van der Waals surface area contributed by atoms with Crippen LogP contribution in [0.5, 0.6) is 0 Å². The number of amides is 1. The predicted molar refractivity (Wildman–Crippen MR) is 122 cm³/mol. The molecule has 0 bridgehead atoms. The number of carbonyl (C=O) groups is 1. The van der Waals surface area contributed by atoms with Crippen LogP contribution in [0.4, 0.5) is 11.4 Å². The Bertz CT molecular complexity index is 1170. The average molecular weight is 423 g/mol. The predicted octanol–water partition coefficient (Wildman–Crippen LogP) is 4.35. The molecule has 0 saturated carbocycles. The van der Waals surface area contributed by atoms with Crippen LogP contribution in [0.3, 0.4) is 0 Å². The molecule has 2 aliphatic heterocycles. The van der Waals surface area contributed by atoms with Gasteiger partial charge in [-0.1, -0.05) is 18.6 Å². The van der Waals surface area contributed by atoms with Gasteiger partial charge in [0.25, 0.3) is 11.5 Å². The number of benzene rings is 1. The van der Waals surface area contributed by atoms with Crippen molar-refractivity contribution in [3.05, 3.63) is 50.9 Å². The van der Waals surface area contributed by atoms with Crippen LogP contribution in [0.1, 0.15) is 53.2 Å². The third-order valence-electron chi connectivity index (χ3n) is 6.22. The zero-order valence-electron chi connectivity index (χ0n) is 17.2. The van der Waals surface area contributed by atoms with Crippen LogP contribution < -0.4 is 15.8 Å². The molecule has 1 aromatic carbocycles. The fourth-order valence-electron chi connectivity index (χ4n) is 4.62. The molecule has 0 aliphatic carbocycles. The van der Waals surface area contributed by atoms with Gasteiger partial charge in [0.05, 0.1) is 21.6 Å². The van der Waals surface area contributed by atoms with E-state index in [1.54, 1.807) is 0 Å². The van der Waals surface area contributed by atoms with Crippen molar-refractivity contribution in [2.24, 2.45) is 0 Å². The van der Waals surface area contributed by atoms with Gasteiger partial charge in [-0.2, -0.15) is 0 Å². The van der Waals surface area contributed by atoms with Gasteiger partial charge in [-0.3, -0.25) is 14.2 Å². The molecule has 0 spiro atoms. The number of hydrogen-bond donors (Lipinski definition) is 1. The van der Waals surface area contributed by atoms with Gasteiger partial charge in [0.2, 0.25) is 0 Å². The van der Waals surface area contributed by atoms with Crippen LogP contribution in [0.25, 0.3) is 10.2 Å². The van der Waals surface area contributed by atoms with Gasteiger partial charge in [0, 0.05) is 26.1 Å². The SMILES string of the molecule is Cc1c(C(=O)Nc2ccccc2N2CCCC2)sc2nc3n(c(=O)c12)CCCCC3. The van der Waals surface area contributed by atoms with E-state index in [0.29, 0.717) is 15.1 Å². The third kappa shape index (κ3) is 3.31. The van der Waals surface area contributed by atoms with Crippen molar-refractivity contribution in [2.45, 2.75) is 52.0 Å². The van der Waals surface area contributed by atoms with Gasteiger partial charge < -0.3 is 10.2 Å². The molecule has 2 aliphatic rings. The molecule has 1 saturated heterocycles. The number of anilines is 2. The van der Waals surface area contributed by atoms with E-state index in [4.69, 9.17) is 4.98 Å². The Balaban J connectivity index is 1.51. The molecule has 5 rings (SSSR count). The molecule has 1 amide bonds. The highest BCUT2D eigenvalue weighted by Gasteiger charge is 2.23. The molecule has 0 radical (unpaired) electrons. The summed E-state index contributed by atoms with van der Waals surface area (Å²) in [7, 11) is 0. The fourth-order valence-corrected chi connectivity index (χ4v) is 5.70. The molecule has 6 nitrogen and oxygen atoms in total. The summed E-state index contributed by atoms with van der Waals surface area (Å²) in [4.78, 5) is 34.7. The summed E-state index contributed by atoms with van der Waals surface area (Å²) >= 11 is 1.33. The molecule has 4 heterocycles. The van der Waals surface area contributed by atoms with E-state index in [2.05, 4.69) is 16.3 Å². The van der Waals surface area contributed by atoms with Crippen LogP contribution in [-0.2, 0) is 13.0 Å². The van der Waals surface area contributed by atoms with Gasteiger partial charge >= 0.3 is 0 Å². The third-order valence-corrected chi connectivity index (χ3v) is 7.40. The van der Waals surface area contributed by atoms with Crippen molar-refractivity contribution < 1.29 is 4.79 Å². The number of fused-ring (bicyclic) bond motifs is 2. The summed E-state index contributed by atoms with van der Waals surface area (Å²) in [6, 6.07) is 7.96. The van der Waals surface area contributed by atoms with Crippen LogP contribution in [0, 0.1) is 6.92 Å². The molecule has 1 N–H and O–H groups in total. The number of para-hydroxylation sites is 2. The van der Waals surface area contributed by atoms with Gasteiger partial charge in [-0.25, -0.2) is 4.98 Å². The molecule has 7 heteroatoms. The Labute approximate surface area is 179 Å². The molecular formula is C23H26N4O2S. The van der Waals surface area contributed by atoms with E-state index in [1.807, 2.05) is 29.7 Å². The summed E-state index contributed by atoms with van der Waals surface area (Å²) in [5.74, 6) is 0.694. The normalized spacial score (nSPS) is 16.5. The van der Waals surface area contributed by atoms with Crippen LogP contribution >= 0.6 is 11.3 Å². The first kappa shape index (κ1) is 19.3. The largest absolute Gasteiger partial charge is 0.370 e. The first-order chi connectivity index (χ1) is 14.6. The summed E-state index contributed by atoms with van der Waals surface area (Å²) in [6.07, 6.45) is 6.37. The van der Waals surface area contributed by atoms with Gasteiger partial charge in [-0.15, -0.1) is 11.3 Å². The lowest BCUT2D eigenvalue weighted by Gasteiger charge is -2.21. The first-order valence-corrected chi connectivity index (χ1v) is 11.6. The monoisotopic (exact) mass is 422 g/mol. The number of carbonyl (C=O) groups excluding carboxylic acids is 1. The lowest BCUT2D eigenvalue weighted by atomic mass is 10.2. The van der Waals surface area contributed by atoms with Crippen molar-refractivity contribution in [3.8, 4) is 0 Å². The maximum atomic E-state index is 13.2. The lowest BCUT2D eigenvalue weighted by Crippen LogP contribution is -2.24. The second-order valence-corrected chi connectivity index (χ2v) is 9.20. The zero-order valence-corrected chi connectivity index (χ0v) is 18.1. The summed E-state index contributed by atoms with van der Waals surface area (Å²) in [5.41, 5.74) is 2.62. The quantitative estimate of drug-likeness (QED) is 0.682. The van der Waals surface area contributed by atoms with E-state index in [-0.39, 0.29) is 11.5 Å². The molecule has 0 unspecified atom stereocenters. The Morgan fingerprint density at radius 2 is 1.83 bits per heavy atom. The van der Waals surface area contributed by atoms with Crippen LogP contribution in [0.15, 0.2) is 29.1 Å². The first-order valence-electron chi connectivity index (χ1n) is 10.8. The zero-order chi connectivity index (χ0) is 20.7. The van der Waals surface area contributed by atoms with Crippen molar-refractivity contribution in [1.82, 2.24) is 9.55 Å². The highest BCUT2D eigenvalue weighted by atomic mass is 32.1. The van der Waals surface area contributed by atoms with E-state index < -0.39 is 0 Å². The minimum atomic E-state index is -0.165. The highest BCUT2D eigenvalue weighted by Crippen LogP contribution is 2.32. The van der Waals surface area contributed by atoms with E-state index in [9.17, 15) is 9.59 Å². The number of thiophene rings is 1. The topological polar surface area (TPSA) is 67.2 Å². The van der Waals surface area contributed by atoms with Crippen LogP contribution in [0.2, 0.25) is 0 Å². The second kappa shape index (κ2) is 7.87. The lowest BCUT2D eigenvalue weighted by molar-refractivity contribution is 0.103. The van der Waals surface area contributed by atoms with Crippen LogP contribution in [-0.4, -0.2) is 28.5 Å². The number of aryl methyl sites for hydroxylation is 2. The molecular weight excluding hydrogens is 396 g/mol. The summed E-state index contributed by atoms with van der Waals surface area (Å²) in [5, 5.41) is 3.70. The molecule has 2 aromatic heterocycles. The number of rotatable bonds is 3. The Hall–Kier alpha value is -2.67. The number of hydrogen-bond acceptors (Lipinski definition) is 5. The molecule has 156 valence electrons. The van der Waals surface area contributed by atoms with Crippen molar-refractivity contribution in [2.75, 3.05) is 23.3 Å². The Morgan fingerprint density at radius 3 is 2.67 bits per heavy atom. The molecule has 0 atom stereocenters. The molecule has 3 aromatic rings. The highest BCUT2D eigenvalue weighted by molar-refractivity contribution is 7.20. The van der Waals surface area contributed by atoms with E-state index in [0.717, 1.165) is 68.1 Å². The number of nitrogens with one attached hydrogen (secondary N) is 1. The Kier molecular flexibility index (Phi) is 5.06. The maximum Gasteiger partial charge on any atom is 0.266 e. The number of aromatic nitrogens is 2. The van der Waals surface area contributed by atoms with E-state index >= 15 is 0 Å². The summed E-state index contributed by atoms with van der Waals surface area (Å²) < 4.78 is 1.82. The maximum absolute atomic E-state index is 13.2. The van der Waals surface area contributed by atoms with Gasteiger partial charge in [0.1, 0.15) is 10.7 Å². The molecule has 1 fully saturated rings. The van der Waals surface area contributed by atoms with Gasteiger partial charge in [-0.05, 0) is 50.3 Å². The average Bonchev–Trinajstić information content (AvgIpc) is 3.31. The van der Waals surface area contributed by atoms with Crippen molar-refractivity contribution in [1.29, 1.82) is 0 Å². The standard InChI is InChI=1S/C23H26N4O2S/c1-15-19-22(25-18-11-3-2-6-14-27(18)23(19)29)30-20(15)21(28)24-16-9-4-5-10-17(16)26-12-7-8-13-26/h4-5,9-10H,2-3,6-8,11-14H2,1H3,(H,24,28). The minimum Gasteiger partial charge on any atom is -0.370 e. The minimum absolute atomic E-state index is 0.00201. The van der Waals surface area contributed by atoms with Gasteiger partial charge in [0.15, 0.2) is 0 Å². The van der Waals surface area contributed by atoms with E-state index in [1.165, 1.54) is 24.2 Å². The Morgan fingerprint density at radius 1 is 1.07 bits per heavy atom. The number of nitrogens with zero attached hydrogens (tertiary/aromatic N) is 3. The van der Waals surface area contributed by atoms with Crippen molar-refractivity contribution in [3.63, 3.8) is 0 Å². The second-order valence-electron chi connectivity index (χ2n) is 8.20.